The average Bonchev–Trinajstić information content (AvgIpc) is 2.55. The van der Waals surface area contributed by atoms with E-state index in [2.05, 4.69) is 5.32 Å². The first-order valence-corrected chi connectivity index (χ1v) is 9.44. The van der Waals surface area contributed by atoms with Gasteiger partial charge in [-0.15, -0.1) is 12.4 Å². The number of hydrogen-bond donors (Lipinski definition) is 2. The molecule has 1 aromatic carbocycles. The molecule has 1 saturated heterocycles. The van der Waals surface area contributed by atoms with Crippen LogP contribution in [0.1, 0.15) is 33.1 Å². The van der Waals surface area contributed by atoms with Crippen molar-refractivity contribution in [1.29, 1.82) is 0 Å². The molecule has 1 heterocycles. The summed E-state index contributed by atoms with van der Waals surface area (Å²) in [5.41, 5.74) is 6.50. The fourth-order valence-electron chi connectivity index (χ4n) is 2.75. The zero-order valence-corrected chi connectivity index (χ0v) is 15.7. The second-order valence-electron chi connectivity index (χ2n) is 6.03. The largest absolute Gasteiger partial charge is 0.328 e. The summed E-state index contributed by atoms with van der Waals surface area (Å²) in [4.78, 5) is 11.6. The third-order valence-electron chi connectivity index (χ3n) is 4.34. The second kappa shape index (κ2) is 8.80. The van der Waals surface area contributed by atoms with Gasteiger partial charge in [0.2, 0.25) is 15.9 Å². The van der Waals surface area contributed by atoms with Gasteiger partial charge in [0.05, 0.1) is 4.90 Å². The van der Waals surface area contributed by atoms with Gasteiger partial charge in [-0.25, -0.2) is 8.42 Å². The minimum absolute atomic E-state index is 0. The molecule has 1 fully saturated rings. The van der Waals surface area contributed by atoms with Gasteiger partial charge in [-0.3, -0.25) is 4.79 Å². The number of benzene rings is 1. The predicted octanol–water partition coefficient (Wildman–Crippen LogP) is 2.20. The first kappa shape index (κ1) is 20.9. The number of rotatable bonds is 5. The molecule has 1 unspecified atom stereocenters. The van der Waals surface area contributed by atoms with Crippen LogP contribution in [0, 0.1) is 5.92 Å². The summed E-state index contributed by atoms with van der Waals surface area (Å²) >= 11 is 0. The van der Waals surface area contributed by atoms with Crippen molar-refractivity contribution in [2.24, 2.45) is 11.7 Å². The molecule has 0 spiro atoms. The molecule has 2 rings (SSSR count). The van der Waals surface area contributed by atoms with Gasteiger partial charge >= 0.3 is 0 Å². The summed E-state index contributed by atoms with van der Waals surface area (Å²) < 4.78 is 26.8. The second-order valence-corrected chi connectivity index (χ2v) is 7.96. The maximum Gasteiger partial charge on any atom is 0.243 e. The Morgan fingerprint density at radius 3 is 2.29 bits per heavy atom. The molecular formula is C16H26ClN3O3S. The quantitative estimate of drug-likeness (QED) is 0.825. The Hall–Kier alpha value is -1.15. The van der Waals surface area contributed by atoms with Gasteiger partial charge in [-0.1, -0.05) is 6.92 Å². The van der Waals surface area contributed by atoms with Crippen molar-refractivity contribution in [3.05, 3.63) is 24.3 Å². The van der Waals surface area contributed by atoms with Crippen molar-refractivity contribution in [3.63, 3.8) is 0 Å². The summed E-state index contributed by atoms with van der Waals surface area (Å²) in [6.07, 6.45) is 1.97. The number of hydrogen-bond acceptors (Lipinski definition) is 4. The average molecular weight is 376 g/mol. The van der Waals surface area contributed by atoms with E-state index in [9.17, 15) is 13.2 Å². The molecule has 1 aliphatic rings. The van der Waals surface area contributed by atoms with Crippen LogP contribution in [0.3, 0.4) is 0 Å². The van der Waals surface area contributed by atoms with Gasteiger partial charge in [-0.2, -0.15) is 4.31 Å². The number of piperidine rings is 1. The van der Waals surface area contributed by atoms with E-state index in [1.165, 1.54) is 16.4 Å². The molecule has 0 saturated carbocycles. The molecule has 1 atom stereocenters. The van der Waals surface area contributed by atoms with Crippen molar-refractivity contribution in [2.45, 2.75) is 44.0 Å². The van der Waals surface area contributed by atoms with Crippen molar-refractivity contribution in [3.8, 4) is 0 Å². The number of nitrogens with zero attached hydrogens (tertiary/aromatic N) is 1. The molecule has 0 aromatic heterocycles. The molecule has 3 N–H and O–H groups in total. The van der Waals surface area contributed by atoms with Crippen LogP contribution in [0.15, 0.2) is 29.2 Å². The number of halogens is 1. The third-order valence-corrected chi connectivity index (χ3v) is 6.25. The molecule has 136 valence electrons. The Morgan fingerprint density at radius 1 is 1.29 bits per heavy atom. The summed E-state index contributed by atoms with van der Waals surface area (Å²) in [6, 6.07) is 6.42. The normalized spacial score (nSPS) is 17.8. The maximum atomic E-state index is 12.7. The number of carbonyl (C=O) groups excluding carboxylic acids is 1. The van der Waals surface area contributed by atoms with E-state index in [0.29, 0.717) is 31.1 Å². The van der Waals surface area contributed by atoms with Crippen molar-refractivity contribution in [2.75, 3.05) is 18.4 Å². The molecule has 0 bridgehead atoms. The molecule has 8 heteroatoms. The lowest BCUT2D eigenvalue weighted by atomic mass is 9.92. The SMILES string of the molecule is CCC(=O)Nc1ccc(S(=O)(=O)N2CCC(C(C)N)CC2)cc1.Cl. The Balaban J connectivity index is 0.00000288. The molecule has 6 nitrogen and oxygen atoms in total. The minimum Gasteiger partial charge on any atom is -0.328 e. The predicted molar refractivity (Wildman–Crippen MR) is 97.7 cm³/mol. The Labute approximate surface area is 150 Å². The lowest BCUT2D eigenvalue weighted by Crippen LogP contribution is -2.42. The van der Waals surface area contributed by atoms with Crippen LogP contribution in [-0.2, 0) is 14.8 Å². The van der Waals surface area contributed by atoms with Gasteiger partial charge in [-0.05, 0) is 49.9 Å². The number of anilines is 1. The number of sulfonamides is 1. The Kier molecular flexibility index (Phi) is 7.66. The zero-order chi connectivity index (χ0) is 17.0. The number of nitrogens with one attached hydrogen (secondary N) is 1. The van der Waals surface area contributed by atoms with Gasteiger partial charge in [0.25, 0.3) is 0 Å². The summed E-state index contributed by atoms with van der Waals surface area (Å²) in [5.74, 6) is 0.284. The van der Waals surface area contributed by atoms with Crippen molar-refractivity contribution < 1.29 is 13.2 Å². The lowest BCUT2D eigenvalue weighted by molar-refractivity contribution is -0.115. The first-order valence-electron chi connectivity index (χ1n) is 8.00. The topological polar surface area (TPSA) is 92.5 Å². The molecule has 1 aliphatic heterocycles. The Bertz CT molecular complexity index is 639. The van der Waals surface area contributed by atoms with Crippen LogP contribution < -0.4 is 11.1 Å². The highest BCUT2D eigenvalue weighted by Crippen LogP contribution is 2.25. The minimum atomic E-state index is -3.48. The van der Waals surface area contributed by atoms with Crippen LogP contribution in [0.2, 0.25) is 0 Å². The molecule has 1 aromatic rings. The number of amides is 1. The highest BCUT2D eigenvalue weighted by molar-refractivity contribution is 7.89. The van der Waals surface area contributed by atoms with Gasteiger partial charge < -0.3 is 11.1 Å². The number of nitrogens with two attached hydrogens (primary N) is 1. The van der Waals surface area contributed by atoms with Crippen molar-refractivity contribution >= 4 is 34.0 Å². The highest BCUT2D eigenvalue weighted by atomic mass is 35.5. The fourth-order valence-corrected chi connectivity index (χ4v) is 4.22. The molecule has 1 amide bonds. The van der Waals surface area contributed by atoms with E-state index >= 15 is 0 Å². The van der Waals surface area contributed by atoms with Gasteiger partial charge in [0.1, 0.15) is 0 Å². The first-order chi connectivity index (χ1) is 10.8. The zero-order valence-electron chi connectivity index (χ0n) is 14.1. The van der Waals surface area contributed by atoms with Gasteiger partial charge in [0, 0.05) is 31.2 Å². The molecular weight excluding hydrogens is 350 g/mol. The standard InChI is InChI=1S/C16H25N3O3S.ClH/c1-3-16(20)18-14-4-6-15(7-5-14)23(21,22)19-10-8-13(9-11-19)12(2)17;/h4-7,12-13H,3,8-11,17H2,1-2H3,(H,18,20);1H. The number of carbonyl (C=O) groups is 1. The molecule has 0 aliphatic carbocycles. The highest BCUT2D eigenvalue weighted by Gasteiger charge is 2.30. The van der Waals surface area contributed by atoms with E-state index in [1.807, 2.05) is 6.92 Å². The van der Waals surface area contributed by atoms with Crippen LogP contribution in [0.5, 0.6) is 0 Å². The van der Waals surface area contributed by atoms with E-state index in [-0.39, 0.29) is 29.3 Å². The van der Waals surface area contributed by atoms with Crippen LogP contribution in [0.25, 0.3) is 0 Å². The van der Waals surface area contributed by atoms with Crippen LogP contribution in [-0.4, -0.2) is 37.8 Å². The lowest BCUT2D eigenvalue weighted by Gasteiger charge is -2.32. The summed E-state index contributed by atoms with van der Waals surface area (Å²) in [6.45, 7) is 4.74. The van der Waals surface area contributed by atoms with Crippen molar-refractivity contribution in [1.82, 2.24) is 4.31 Å². The summed E-state index contributed by atoms with van der Waals surface area (Å²) in [5, 5.41) is 2.71. The van der Waals surface area contributed by atoms with Crippen LogP contribution in [0.4, 0.5) is 5.69 Å². The van der Waals surface area contributed by atoms with E-state index < -0.39 is 10.0 Å². The third kappa shape index (κ3) is 4.92. The van der Waals surface area contributed by atoms with Crippen LogP contribution >= 0.6 is 12.4 Å². The Morgan fingerprint density at radius 2 is 1.83 bits per heavy atom. The fraction of sp³-hybridized carbons (Fsp3) is 0.562. The van der Waals surface area contributed by atoms with E-state index in [1.54, 1.807) is 19.1 Å². The molecule has 0 radical (unpaired) electrons. The smallest absolute Gasteiger partial charge is 0.243 e. The monoisotopic (exact) mass is 375 g/mol. The molecule has 24 heavy (non-hydrogen) atoms. The van der Waals surface area contributed by atoms with E-state index in [0.717, 1.165) is 12.8 Å². The van der Waals surface area contributed by atoms with E-state index in [4.69, 9.17) is 5.73 Å². The van der Waals surface area contributed by atoms with Gasteiger partial charge in [0.15, 0.2) is 0 Å². The summed E-state index contributed by atoms with van der Waals surface area (Å²) in [7, 11) is -3.48. The maximum absolute atomic E-state index is 12.7.